The zero-order valence-corrected chi connectivity index (χ0v) is 20.8. The Hall–Kier alpha value is -2.29. The standard InChI is InChI=1S/C24H33N5O.HI/c1-19(13-14-20-9-4-3-5-10-20)27-23(25-2)26-18-21-11-8-12-22(17-21)28-24(30)29-15-6-7-16-29;/h3-5,8-12,17,19H,6-7,13-16,18H2,1-2H3,(H,28,30)(H2,25,26,27);1H. The number of halogens is 1. The molecule has 168 valence electrons. The number of rotatable bonds is 7. The molecule has 0 saturated carbocycles. The van der Waals surface area contributed by atoms with Crippen molar-refractivity contribution in [3.05, 3.63) is 65.7 Å². The Balaban J connectivity index is 0.00000341. The molecule has 0 radical (unpaired) electrons. The summed E-state index contributed by atoms with van der Waals surface area (Å²) in [6.07, 6.45) is 4.24. The molecule has 0 spiro atoms. The molecule has 1 heterocycles. The predicted octanol–water partition coefficient (Wildman–Crippen LogP) is 4.62. The van der Waals surface area contributed by atoms with E-state index in [0.717, 1.165) is 56.0 Å². The SMILES string of the molecule is CN=C(NCc1cccc(NC(=O)N2CCCC2)c1)NC(C)CCc1ccccc1.I. The van der Waals surface area contributed by atoms with Crippen molar-refractivity contribution in [1.29, 1.82) is 0 Å². The molecule has 1 fully saturated rings. The van der Waals surface area contributed by atoms with Gasteiger partial charge in [-0.2, -0.15) is 0 Å². The van der Waals surface area contributed by atoms with E-state index in [1.165, 1.54) is 5.56 Å². The van der Waals surface area contributed by atoms with E-state index in [1.807, 2.05) is 35.2 Å². The molecule has 0 bridgehead atoms. The minimum atomic E-state index is -0.0117. The Morgan fingerprint density at radius 2 is 1.77 bits per heavy atom. The fourth-order valence-corrected chi connectivity index (χ4v) is 3.60. The summed E-state index contributed by atoms with van der Waals surface area (Å²) in [5, 5.41) is 9.82. The van der Waals surface area contributed by atoms with E-state index >= 15 is 0 Å². The number of carbonyl (C=O) groups is 1. The van der Waals surface area contributed by atoms with Gasteiger partial charge in [-0.25, -0.2) is 4.79 Å². The van der Waals surface area contributed by atoms with E-state index < -0.39 is 0 Å². The van der Waals surface area contributed by atoms with Gasteiger partial charge in [0.05, 0.1) is 0 Å². The smallest absolute Gasteiger partial charge is 0.321 e. The summed E-state index contributed by atoms with van der Waals surface area (Å²) in [5.74, 6) is 0.780. The number of likely N-dealkylation sites (tertiary alicyclic amines) is 1. The first-order chi connectivity index (χ1) is 14.6. The lowest BCUT2D eigenvalue weighted by Crippen LogP contribution is -2.42. The third-order valence-corrected chi connectivity index (χ3v) is 5.35. The van der Waals surface area contributed by atoms with E-state index in [-0.39, 0.29) is 30.0 Å². The van der Waals surface area contributed by atoms with Crippen LogP contribution in [0.5, 0.6) is 0 Å². The maximum Gasteiger partial charge on any atom is 0.321 e. The lowest BCUT2D eigenvalue weighted by atomic mass is 10.1. The van der Waals surface area contributed by atoms with E-state index in [1.54, 1.807) is 7.05 Å². The molecule has 6 nitrogen and oxygen atoms in total. The summed E-state index contributed by atoms with van der Waals surface area (Å²) in [6.45, 7) is 4.50. The first-order valence-corrected chi connectivity index (χ1v) is 10.8. The summed E-state index contributed by atoms with van der Waals surface area (Å²) in [5.41, 5.74) is 3.27. The van der Waals surface area contributed by atoms with Crippen LogP contribution in [0.15, 0.2) is 59.6 Å². The van der Waals surface area contributed by atoms with Gasteiger partial charge in [-0.1, -0.05) is 42.5 Å². The second kappa shape index (κ2) is 13.2. The number of aryl methyl sites for hydroxylation is 1. The molecule has 2 aromatic rings. The van der Waals surface area contributed by atoms with E-state index in [2.05, 4.69) is 52.1 Å². The molecule has 31 heavy (non-hydrogen) atoms. The second-order valence-electron chi connectivity index (χ2n) is 7.82. The molecule has 3 N–H and O–H groups in total. The van der Waals surface area contributed by atoms with E-state index in [4.69, 9.17) is 0 Å². The Morgan fingerprint density at radius 1 is 1.06 bits per heavy atom. The van der Waals surface area contributed by atoms with Crippen LogP contribution in [0.25, 0.3) is 0 Å². The fraction of sp³-hybridized carbons (Fsp3) is 0.417. The predicted molar refractivity (Wildman–Crippen MR) is 139 cm³/mol. The second-order valence-corrected chi connectivity index (χ2v) is 7.82. The highest BCUT2D eigenvalue weighted by molar-refractivity contribution is 14.0. The molecule has 2 amide bonds. The van der Waals surface area contributed by atoms with Crippen LogP contribution in [-0.2, 0) is 13.0 Å². The minimum absolute atomic E-state index is 0. The van der Waals surface area contributed by atoms with Crippen LogP contribution in [0, 0.1) is 0 Å². The van der Waals surface area contributed by atoms with Crippen molar-refractivity contribution in [1.82, 2.24) is 15.5 Å². The van der Waals surface area contributed by atoms with Gasteiger partial charge < -0.3 is 20.9 Å². The molecular formula is C24H34IN5O. The largest absolute Gasteiger partial charge is 0.354 e. The fourth-order valence-electron chi connectivity index (χ4n) is 3.60. The van der Waals surface area contributed by atoms with Crippen LogP contribution < -0.4 is 16.0 Å². The average Bonchev–Trinajstić information content (AvgIpc) is 3.31. The topological polar surface area (TPSA) is 68.8 Å². The number of benzene rings is 2. The number of aliphatic imine (C=N–C) groups is 1. The number of hydrogen-bond acceptors (Lipinski definition) is 2. The number of urea groups is 1. The molecular weight excluding hydrogens is 501 g/mol. The molecule has 0 aliphatic carbocycles. The average molecular weight is 535 g/mol. The van der Waals surface area contributed by atoms with Gasteiger partial charge in [-0.05, 0) is 55.9 Å². The Kier molecular flexibility index (Phi) is 10.6. The highest BCUT2D eigenvalue weighted by Crippen LogP contribution is 2.14. The summed E-state index contributed by atoms with van der Waals surface area (Å²) < 4.78 is 0. The van der Waals surface area contributed by atoms with Crippen LogP contribution >= 0.6 is 24.0 Å². The lowest BCUT2D eigenvalue weighted by Gasteiger charge is -2.19. The first kappa shape index (κ1) is 25.0. The Labute approximate surface area is 202 Å². The van der Waals surface area contributed by atoms with Gasteiger partial charge >= 0.3 is 6.03 Å². The summed E-state index contributed by atoms with van der Waals surface area (Å²) in [7, 11) is 1.78. The number of carbonyl (C=O) groups excluding carboxylic acids is 1. The molecule has 1 atom stereocenters. The molecule has 2 aromatic carbocycles. The molecule has 1 saturated heterocycles. The number of anilines is 1. The van der Waals surface area contributed by atoms with Crippen molar-refractivity contribution in [2.45, 2.75) is 45.2 Å². The maximum atomic E-state index is 12.3. The molecule has 1 aliphatic rings. The van der Waals surface area contributed by atoms with Crippen molar-refractivity contribution in [3.63, 3.8) is 0 Å². The molecule has 0 aromatic heterocycles. The van der Waals surface area contributed by atoms with Crippen molar-refractivity contribution in [2.75, 3.05) is 25.5 Å². The number of hydrogen-bond donors (Lipinski definition) is 3. The molecule has 3 rings (SSSR count). The van der Waals surface area contributed by atoms with Gasteiger partial charge in [-0.3, -0.25) is 4.99 Å². The minimum Gasteiger partial charge on any atom is -0.354 e. The van der Waals surface area contributed by atoms with Crippen molar-refractivity contribution >= 4 is 41.7 Å². The lowest BCUT2D eigenvalue weighted by molar-refractivity contribution is 0.222. The molecule has 1 aliphatic heterocycles. The van der Waals surface area contributed by atoms with Gasteiger partial charge in [0.15, 0.2) is 5.96 Å². The van der Waals surface area contributed by atoms with Gasteiger partial charge in [0, 0.05) is 38.4 Å². The third kappa shape index (κ3) is 8.40. The molecule has 7 heteroatoms. The summed E-state index contributed by atoms with van der Waals surface area (Å²) in [6, 6.07) is 18.8. The van der Waals surface area contributed by atoms with Gasteiger partial charge in [0.1, 0.15) is 0 Å². The van der Waals surface area contributed by atoms with Gasteiger partial charge in [0.25, 0.3) is 0 Å². The Morgan fingerprint density at radius 3 is 2.48 bits per heavy atom. The molecule has 1 unspecified atom stereocenters. The van der Waals surface area contributed by atoms with Crippen LogP contribution in [0.4, 0.5) is 10.5 Å². The van der Waals surface area contributed by atoms with E-state index in [0.29, 0.717) is 12.6 Å². The van der Waals surface area contributed by atoms with Crippen molar-refractivity contribution in [3.8, 4) is 0 Å². The normalized spacial score (nSPS) is 14.5. The van der Waals surface area contributed by atoms with Gasteiger partial charge in [0.2, 0.25) is 0 Å². The zero-order chi connectivity index (χ0) is 21.2. The zero-order valence-electron chi connectivity index (χ0n) is 18.4. The summed E-state index contributed by atoms with van der Waals surface area (Å²) in [4.78, 5) is 18.5. The van der Waals surface area contributed by atoms with Crippen LogP contribution in [-0.4, -0.2) is 43.1 Å². The highest BCUT2D eigenvalue weighted by Gasteiger charge is 2.17. The quantitative estimate of drug-likeness (QED) is 0.276. The van der Waals surface area contributed by atoms with Crippen molar-refractivity contribution < 1.29 is 4.79 Å². The van der Waals surface area contributed by atoms with Crippen LogP contribution in [0.3, 0.4) is 0 Å². The first-order valence-electron chi connectivity index (χ1n) is 10.8. The third-order valence-electron chi connectivity index (χ3n) is 5.35. The van der Waals surface area contributed by atoms with Crippen molar-refractivity contribution in [2.24, 2.45) is 4.99 Å². The monoisotopic (exact) mass is 535 g/mol. The van der Waals surface area contributed by atoms with E-state index in [9.17, 15) is 4.79 Å². The number of guanidine groups is 1. The Bertz CT molecular complexity index is 837. The summed E-state index contributed by atoms with van der Waals surface area (Å²) >= 11 is 0. The maximum absolute atomic E-state index is 12.3. The number of nitrogens with zero attached hydrogens (tertiary/aromatic N) is 2. The number of amides is 2. The highest BCUT2D eigenvalue weighted by atomic mass is 127. The van der Waals surface area contributed by atoms with Gasteiger partial charge in [-0.15, -0.1) is 24.0 Å². The number of nitrogens with one attached hydrogen (secondary N) is 3. The van der Waals surface area contributed by atoms with Crippen LogP contribution in [0.2, 0.25) is 0 Å². The van der Waals surface area contributed by atoms with Crippen LogP contribution in [0.1, 0.15) is 37.3 Å².